The molecule has 90 valence electrons. The van der Waals surface area contributed by atoms with Gasteiger partial charge in [-0.05, 0) is 17.3 Å². The smallest absolute Gasteiger partial charge is 0.317 e. The molecule has 3 nitrogen and oxygen atoms in total. The first-order valence-corrected chi connectivity index (χ1v) is 5.56. The van der Waals surface area contributed by atoms with Crippen molar-refractivity contribution in [2.75, 3.05) is 0 Å². The summed E-state index contributed by atoms with van der Waals surface area (Å²) in [6.45, 7) is 11.9. The number of hydrogen-bond acceptors (Lipinski definition) is 3. The maximum absolute atomic E-state index is 11.5. The summed E-state index contributed by atoms with van der Waals surface area (Å²) in [7, 11) is 0. The van der Waals surface area contributed by atoms with Crippen LogP contribution in [0.4, 0.5) is 0 Å². The quantitative estimate of drug-likeness (QED) is 0.419. The summed E-state index contributed by atoms with van der Waals surface area (Å²) in [4.78, 5) is 22.6. The van der Waals surface area contributed by atoms with E-state index in [9.17, 15) is 9.59 Å². The van der Waals surface area contributed by atoms with Crippen LogP contribution in [0.5, 0.6) is 0 Å². The van der Waals surface area contributed by atoms with Crippen LogP contribution in [-0.4, -0.2) is 11.9 Å². The number of ether oxygens (including phenoxy) is 1. The fraction of sp³-hybridized carbons (Fsp3) is 0.692. The van der Waals surface area contributed by atoms with Crippen molar-refractivity contribution in [3.8, 4) is 0 Å². The molecule has 1 aliphatic rings. The maximum Gasteiger partial charge on any atom is 0.317 e. The summed E-state index contributed by atoms with van der Waals surface area (Å²) in [5, 5.41) is 0. The van der Waals surface area contributed by atoms with Crippen molar-refractivity contribution in [3.05, 3.63) is 12.7 Å². The molecule has 1 atom stereocenters. The van der Waals surface area contributed by atoms with Gasteiger partial charge in [-0.3, -0.25) is 9.59 Å². The molecule has 1 aliphatic heterocycles. The lowest BCUT2D eigenvalue weighted by molar-refractivity contribution is -0.154. The molecule has 0 aromatic rings. The van der Waals surface area contributed by atoms with Crippen molar-refractivity contribution in [1.29, 1.82) is 0 Å². The first-order chi connectivity index (χ1) is 7.18. The number of carbonyl (C=O) groups excluding carboxylic acids is 2. The SMILES string of the molecule is C=CC(C)(C)CC(C)(C)C1CC(=O)OC1=O. The monoisotopic (exact) mass is 224 g/mol. The normalized spacial score (nSPS) is 22.1. The Morgan fingerprint density at radius 2 is 1.94 bits per heavy atom. The molecule has 0 N–H and O–H groups in total. The Bertz CT molecular complexity index is 326. The zero-order valence-electron chi connectivity index (χ0n) is 10.5. The minimum atomic E-state index is -0.403. The van der Waals surface area contributed by atoms with Crippen LogP contribution in [-0.2, 0) is 14.3 Å². The summed E-state index contributed by atoms with van der Waals surface area (Å²) in [6.07, 6.45) is 2.90. The van der Waals surface area contributed by atoms with Gasteiger partial charge in [-0.15, -0.1) is 6.58 Å². The highest BCUT2D eigenvalue weighted by molar-refractivity contribution is 5.95. The highest BCUT2D eigenvalue weighted by Gasteiger charge is 2.45. The van der Waals surface area contributed by atoms with Crippen molar-refractivity contribution in [2.45, 2.75) is 40.5 Å². The lowest BCUT2D eigenvalue weighted by atomic mass is 9.68. The molecule has 0 bridgehead atoms. The van der Waals surface area contributed by atoms with Gasteiger partial charge in [0.15, 0.2) is 0 Å². The molecule has 1 rings (SSSR count). The highest BCUT2D eigenvalue weighted by atomic mass is 16.6. The second kappa shape index (κ2) is 4.04. The van der Waals surface area contributed by atoms with Gasteiger partial charge in [-0.25, -0.2) is 0 Å². The molecule has 1 unspecified atom stereocenters. The zero-order chi connectivity index (χ0) is 12.6. The molecule has 1 fully saturated rings. The largest absolute Gasteiger partial charge is 0.393 e. The van der Waals surface area contributed by atoms with Crippen LogP contribution in [0.15, 0.2) is 12.7 Å². The van der Waals surface area contributed by atoms with E-state index < -0.39 is 5.97 Å². The van der Waals surface area contributed by atoms with E-state index in [2.05, 4.69) is 25.2 Å². The summed E-state index contributed by atoms with van der Waals surface area (Å²) in [6, 6.07) is 0. The molecule has 0 saturated carbocycles. The van der Waals surface area contributed by atoms with E-state index in [0.29, 0.717) is 0 Å². The molecule has 1 saturated heterocycles. The molecular weight excluding hydrogens is 204 g/mol. The summed E-state index contributed by atoms with van der Waals surface area (Å²) in [5.41, 5.74) is -0.295. The Morgan fingerprint density at radius 3 is 2.31 bits per heavy atom. The van der Waals surface area contributed by atoms with E-state index in [4.69, 9.17) is 0 Å². The van der Waals surface area contributed by atoms with Crippen LogP contribution in [0.25, 0.3) is 0 Å². The van der Waals surface area contributed by atoms with Crippen LogP contribution in [0.2, 0.25) is 0 Å². The van der Waals surface area contributed by atoms with E-state index in [-0.39, 0.29) is 29.1 Å². The number of rotatable bonds is 4. The van der Waals surface area contributed by atoms with E-state index in [0.717, 1.165) is 6.42 Å². The van der Waals surface area contributed by atoms with Gasteiger partial charge < -0.3 is 4.74 Å². The highest BCUT2D eigenvalue weighted by Crippen LogP contribution is 2.43. The van der Waals surface area contributed by atoms with Gasteiger partial charge in [0.05, 0.1) is 12.3 Å². The topological polar surface area (TPSA) is 43.4 Å². The van der Waals surface area contributed by atoms with Gasteiger partial charge in [0.25, 0.3) is 0 Å². The van der Waals surface area contributed by atoms with Crippen molar-refractivity contribution in [3.63, 3.8) is 0 Å². The molecule has 0 aromatic carbocycles. The van der Waals surface area contributed by atoms with Gasteiger partial charge in [0.1, 0.15) is 0 Å². The third-order valence-electron chi connectivity index (χ3n) is 3.28. The zero-order valence-corrected chi connectivity index (χ0v) is 10.5. The Morgan fingerprint density at radius 1 is 1.38 bits per heavy atom. The summed E-state index contributed by atoms with van der Waals surface area (Å²) >= 11 is 0. The second-order valence-corrected chi connectivity index (χ2v) is 5.91. The Labute approximate surface area is 96.9 Å². The van der Waals surface area contributed by atoms with E-state index in [1.807, 2.05) is 19.9 Å². The second-order valence-electron chi connectivity index (χ2n) is 5.91. The van der Waals surface area contributed by atoms with Gasteiger partial charge in [-0.1, -0.05) is 33.8 Å². The lowest BCUT2D eigenvalue weighted by Gasteiger charge is -2.35. The van der Waals surface area contributed by atoms with Crippen LogP contribution in [0.3, 0.4) is 0 Å². The average Bonchev–Trinajstić information content (AvgIpc) is 2.44. The van der Waals surface area contributed by atoms with E-state index >= 15 is 0 Å². The number of allylic oxidation sites excluding steroid dienone is 1. The van der Waals surface area contributed by atoms with Crippen LogP contribution in [0.1, 0.15) is 40.5 Å². The number of carbonyl (C=O) groups is 2. The first kappa shape index (κ1) is 12.9. The number of hydrogen-bond donors (Lipinski definition) is 0. The molecular formula is C13H20O3. The fourth-order valence-corrected chi connectivity index (χ4v) is 2.44. The van der Waals surface area contributed by atoms with Gasteiger partial charge in [0.2, 0.25) is 0 Å². The van der Waals surface area contributed by atoms with E-state index in [1.165, 1.54) is 0 Å². The molecule has 16 heavy (non-hydrogen) atoms. The lowest BCUT2D eigenvalue weighted by Crippen LogP contribution is -2.32. The molecule has 0 amide bonds. The first-order valence-electron chi connectivity index (χ1n) is 5.56. The Kier molecular flexibility index (Phi) is 3.27. The van der Waals surface area contributed by atoms with Crippen LogP contribution in [0, 0.1) is 16.7 Å². The number of cyclic esters (lactones) is 2. The van der Waals surface area contributed by atoms with Gasteiger partial charge in [0, 0.05) is 0 Å². The maximum atomic E-state index is 11.5. The third kappa shape index (κ3) is 2.71. The molecule has 0 spiro atoms. The molecule has 3 heteroatoms. The Hall–Kier alpha value is -1.12. The fourth-order valence-electron chi connectivity index (χ4n) is 2.44. The van der Waals surface area contributed by atoms with Gasteiger partial charge in [-0.2, -0.15) is 0 Å². The van der Waals surface area contributed by atoms with Crippen molar-refractivity contribution in [1.82, 2.24) is 0 Å². The average molecular weight is 224 g/mol. The van der Waals surface area contributed by atoms with E-state index in [1.54, 1.807) is 0 Å². The minimum absolute atomic E-state index is 0.0462. The standard InChI is InChI=1S/C13H20O3/c1-6-12(2,3)8-13(4,5)9-7-10(14)16-11(9)15/h6,9H,1,7-8H2,2-5H3. The van der Waals surface area contributed by atoms with Crippen LogP contribution >= 0.6 is 0 Å². The van der Waals surface area contributed by atoms with Gasteiger partial charge >= 0.3 is 11.9 Å². The summed E-state index contributed by atoms with van der Waals surface area (Å²) < 4.78 is 4.60. The van der Waals surface area contributed by atoms with Crippen molar-refractivity contribution < 1.29 is 14.3 Å². The Balaban J connectivity index is 2.81. The van der Waals surface area contributed by atoms with Crippen molar-refractivity contribution in [2.24, 2.45) is 16.7 Å². The predicted octanol–water partition coefficient (Wildman–Crippen LogP) is 2.70. The molecule has 1 heterocycles. The van der Waals surface area contributed by atoms with Crippen LogP contribution < -0.4 is 0 Å². The molecule has 0 radical (unpaired) electrons. The minimum Gasteiger partial charge on any atom is -0.393 e. The number of esters is 2. The summed E-state index contributed by atoms with van der Waals surface area (Å²) in [5.74, 6) is -1.10. The molecule has 0 aliphatic carbocycles. The third-order valence-corrected chi connectivity index (χ3v) is 3.28. The van der Waals surface area contributed by atoms with Crippen molar-refractivity contribution >= 4 is 11.9 Å². The predicted molar refractivity (Wildman–Crippen MR) is 61.6 cm³/mol. The molecule has 0 aromatic heterocycles.